The van der Waals surface area contributed by atoms with Gasteiger partial charge in [0.1, 0.15) is 0 Å². The van der Waals surface area contributed by atoms with Gasteiger partial charge in [-0.3, -0.25) is 0 Å². The van der Waals surface area contributed by atoms with E-state index in [1.165, 1.54) is 11.3 Å². The molecule has 0 unspecified atom stereocenters. The van der Waals surface area contributed by atoms with Crippen LogP contribution in [0.3, 0.4) is 0 Å². The summed E-state index contributed by atoms with van der Waals surface area (Å²) in [6.07, 6.45) is 1.98. The Bertz CT molecular complexity index is 423. The average molecular weight is 271 g/mol. The van der Waals surface area contributed by atoms with Crippen molar-refractivity contribution in [1.29, 1.82) is 0 Å². The monoisotopic (exact) mass is 270 g/mol. The highest BCUT2D eigenvalue weighted by Crippen LogP contribution is 2.37. The Hall–Kier alpha value is -0.285. The van der Waals surface area contributed by atoms with Crippen molar-refractivity contribution >= 4 is 36.1 Å². The maximum Gasteiger partial charge on any atom is 0.487 e. The van der Waals surface area contributed by atoms with E-state index < -0.39 is 0 Å². The lowest BCUT2D eigenvalue weighted by molar-refractivity contribution is 0.00578. The first-order valence-electron chi connectivity index (χ1n) is 5.59. The van der Waals surface area contributed by atoms with Crippen molar-refractivity contribution < 1.29 is 9.31 Å². The number of thiophene rings is 1. The Morgan fingerprint density at radius 3 is 2.24 bits per heavy atom. The molecule has 0 atom stereocenters. The van der Waals surface area contributed by atoms with E-state index >= 15 is 0 Å². The molecule has 2 heterocycles. The van der Waals surface area contributed by atoms with Crippen LogP contribution >= 0.6 is 22.9 Å². The fourth-order valence-electron chi connectivity index (χ4n) is 1.56. The van der Waals surface area contributed by atoms with Gasteiger partial charge < -0.3 is 9.31 Å². The number of hydrogen-bond donors (Lipinski definition) is 0. The van der Waals surface area contributed by atoms with Crippen LogP contribution in [0.25, 0.3) is 6.08 Å². The van der Waals surface area contributed by atoms with Crippen molar-refractivity contribution in [3.63, 3.8) is 0 Å². The Labute approximate surface area is 112 Å². The van der Waals surface area contributed by atoms with Crippen molar-refractivity contribution in [3.05, 3.63) is 27.3 Å². The first-order valence-corrected chi connectivity index (χ1v) is 6.79. The minimum Gasteiger partial charge on any atom is -0.400 e. The van der Waals surface area contributed by atoms with E-state index in [1.54, 1.807) is 0 Å². The van der Waals surface area contributed by atoms with Gasteiger partial charge in [-0.05, 0) is 39.8 Å². The highest BCUT2D eigenvalue weighted by atomic mass is 35.5. The van der Waals surface area contributed by atoms with Gasteiger partial charge in [-0.25, -0.2) is 0 Å². The third-order valence-electron chi connectivity index (χ3n) is 3.28. The number of halogens is 1. The minimum atomic E-state index is -0.291. The van der Waals surface area contributed by atoms with Crippen LogP contribution in [0.15, 0.2) is 18.1 Å². The number of hydrogen-bond acceptors (Lipinski definition) is 3. The van der Waals surface area contributed by atoms with E-state index in [9.17, 15) is 0 Å². The summed E-state index contributed by atoms with van der Waals surface area (Å²) in [5, 5.41) is 0. The molecule has 0 saturated carbocycles. The Morgan fingerprint density at radius 2 is 1.76 bits per heavy atom. The molecule has 0 amide bonds. The summed E-state index contributed by atoms with van der Waals surface area (Å²) in [5.74, 6) is 1.93. The van der Waals surface area contributed by atoms with Crippen molar-refractivity contribution in [2.75, 3.05) is 0 Å². The molecule has 1 saturated heterocycles. The van der Waals surface area contributed by atoms with Crippen molar-refractivity contribution in [2.45, 2.75) is 38.9 Å². The first-order chi connectivity index (χ1) is 7.80. The van der Waals surface area contributed by atoms with Gasteiger partial charge in [0, 0.05) is 4.88 Å². The fourth-order valence-corrected chi connectivity index (χ4v) is 2.53. The Balaban J connectivity index is 2.05. The van der Waals surface area contributed by atoms with Crippen LogP contribution in [-0.4, -0.2) is 18.3 Å². The van der Waals surface area contributed by atoms with E-state index in [0.29, 0.717) is 0 Å². The molecule has 0 aliphatic carbocycles. The van der Waals surface area contributed by atoms with Crippen LogP contribution in [-0.2, 0) is 9.31 Å². The van der Waals surface area contributed by atoms with Gasteiger partial charge in [-0.1, -0.05) is 23.7 Å². The van der Waals surface area contributed by atoms with E-state index in [4.69, 9.17) is 20.9 Å². The second kappa shape index (κ2) is 4.43. The van der Waals surface area contributed by atoms with Gasteiger partial charge in [-0.15, -0.1) is 11.3 Å². The molecule has 0 aromatic carbocycles. The van der Waals surface area contributed by atoms with Gasteiger partial charge in [0.15, 0.2) is 0 Å². The molecule has 2 rings (SSSR count). The predicted molar refractivity (Wildman–Crippen MR) is 74.4 cm³/mol. The molecular formula is C12H16BClO2S. The molecule has 1 aliphatic heterocycles. The highest BCUT2D eigenvalue weighted by molar-refractivity contribution is 7.17. The third kappa shape index (κ3) is 2.76. The molecule has 1 fully saturated rings. The van der Waals surface area contributed by atoms with Crippen LogP contribution in [0.2, 0.25) is 4.34 Å². The molecule has 0 bridgehead atoms. The van der Waals surface area contributed by atoms with Crippen LogP contribution in [0.4, 0.5) is 0 Å². The molecule has 0 N–H and O–H groups in total. The van der Waals surface area contributed by atoms with Gasteiger partial charge in [0.25, 0.3) is 0 Å². The summed E-state index contributed by atoms with van der Waals surface area (Å²) in [6, 6.07) is 3.87. The molecule has 0 radical (unpaired) electrons. The van der Waals surface area contributed by atoms with E-state index in [2.05, 4.69) is 0 Å². The molecular weight excluding hydrogens is 254 g/mol. The minimum absolute atomic E-state index is 0.283. The molecule has 5 heteroatoms. The normalized spacial score (nSPS) is 22.5. The van der Waals surface area contributed by atoms with Crippen LogP contribution in [0.5, 0.6) is 0 Å². The van der Waals surface area contributed by atoms with Crippen molar-refractivity contribution in [1.82, 2.24) is 0 Å². The predicted octanol–water partition coefficient (Wildman–Crippen LogP) is 4.05. The zero-order chi connectivity index (χ0) is 12.7. The van der Waals surface area contributed by atoms with Gasteiger partial charge in [-0.2, -0.15) is 0 Å². The summed E-state index contributed by atoms with van der Waals surface area (Å²) in [6.45, 7) is 8.18. The Morgan fingerprint density at radius 1 is 1.18 bits per heavy atom. The van der Waals surface area contributed by atoms with E-state index in [0.717, 1.165) is 9.21 Å². The highest BCUT2D eigenvalue weighted by Gasteiger charge is 2.49. The van der Waals surface area contributed by atoms with Gasteiger partial charge in [0.2, 0.25) is 0 Å². The second-order valence-electron chi connectivity index (χ2n) is 5.13. The summed E-state index contributed by atoms with van der Waals surface area (Å²) in [5.41, 5.74) is -0.565. The van der Waals surface area contributed by atoms with Gasteiger partial charge in [0.05, 0.1) is 15.5 Å². The lowest BCUT2D eigenvalue weighted by atomic mass is 9.90. The molecule has 1 aromatic heterocycles. The lowest BCUT2D eigenvalue weighted by Crippen LogP contribution is -2.41. The second-order valence-corrected chi connectivity index (χ2v) is 6.87. The molecule has 92 valence electrons. The van der Waals surface area contributed by atoms with E-state index in [1.807, 2.05) is 51.9 Å². The third-order valence-corrected chi connectivity index (χ3v) is 4.48. The van der Waals surface area contributed by atoms with Crippen LogP contribution < -0.4 is 0 Å². The largest absolute Gasteiger partial charge is 0.487 e. The van der Waals surface area contributed by atoms with Crippen molar-refractivity contribution in [3.8, 4) is 0 Å². The molecule has 17 heavy (non-hydrogen) atoms. The molecule has 1 aromatic rings. The molecule has 1 aliphatic rings. The molecule has 0 spiro atoms. The average Bonchev–Trinajstić information content (AvgIpc) is 2.67. The standard InChI is InChI=1S/C12H16BClO2S/c1-11(2)12(3,4)16-13(15-11)8-7-9-5-6-10(14)17-9/h5-8H,1-4H3/b8-7+. The van der Waals surface area contributed by atoms with E-state index in [-0.39, 0.29) is 18.3 Å². The summed E-state index contributed by atoms with van der Waals surface area (Å²) in [4.78, 5) is 1.10. The summed E-state index contributed by atoms with van der Waals surface area (Å²) in [7, 11) is -0.291. The lowest BCUT2D eigenvalue weighted by Gasteiger charge is -2.32. The fraction of sp³-hybridized carbons (Fsp3) is 0.500. The maximum atomic E-state index is 5.87. The maximum absolute atomic E-state index is 5.87. The van der Waals surface area contributed by atoms with Gasteiger partial charge >= 0.3 is 7.12 Å². The molecule has 2 nitrogen and oxygen atoms in total. The van der Waals surface area contributed by atoms with Crippen LogP contribution in [0.1, 0.15) is 32.6 Å². The zero-order valence-electron chi connectivity index (χ0n) is 10.5. The Kier molecular flexibility index (Phi) is 3.43. The smallest absolute Gasteiger partial charge is 0.400 e. The summed E-state index contributed by atoms with van der Waals surface area (Å²) >= 11 is 7.41. The quantitative estimate of drug-likeness (QED) is 0.755. The zero-order valence-corrected chi connectivity index (χ0v) is 12.1. The van der Waals surface area contributed by atoms with Crippen molar-refractivity contribution in [2.24, 2.45) is 0 Å². The number of rotatable bonds is 2. The van der Waals surface area contributed by atoms with Crippen LogP contribution in [0, 0.1) is 0 Å². The topological polar surface area (TPSA) is 18.5 Å². The first kappa shape index (κ1) is 13.2. The summed E-state index contributed by atoms with van der Waals surface area (Å²) < 4.78 is 12.5. The SMILES string of the molecule is CC1(C)OB(/C=C/c2ccc(Cl)s2)OC1(C)C.